The van der Waals surface area contributed by atoms with Crippen molar-refractivity contribution in [2.75, 3.05) is 19.0 Å². The smallest absolute Gasteiger partial charge is 0.305 e. The van der Waals surface area contributed by atoms with Gasteiger partial charge in [0, 0.05) is 19.0 Å². The van der Waals surface area contributed by atoms with Crippen molar-refractivity contribution < 1.29 is 14.5 Å². The molecule has 1 aromatic rings. The van der Waals surface area contributed by atoms with Crippen LogP contribution >= 0.6 is 15.9 Å². The van der Waals surface area contributed by atoms with E-state index in [2.05, 4.69) is 31.0 Å². The molecule has 20 heavy (non-hydrogen) atoms. The van der Waals surface area contributed by atoms with Crippen LogP contribution in [0.15, 0.2) is 16.7 Å². The number of hydrogen-bond acceptors (Lipinski definition) is 6. The van der Waals surface area contributed by atoms with E-state index in [0.29, 0.717) is 23.3 Å². The van der Waals surface area contributed by atoms with E-state index in [4.69, 9.17) is 0 Å². The number of methoxy groups -OCH3 is 1. The Balaban J connectivity index is 2.29. The van der Waals surface area contributed by atoms with Gasteiger partial charge in [0.05, 0.1) is 16.5 Å². The number of unbranched alkanes of at least 4 members (excludes halogenated alkanes) is 2. The maximum absolute atomic E-state index is 10.9. The minimum atomic E-state index is -0.492. The molecule has 0 aliphatic heterocycles. The Kier molecular flexibility index (Phi) is 6.92. The van der Waals surface area contributed by atoms with Gasteiger partial charge in [-0.2, -0.15) is 0 Å². The first kappa shape index (κ1) is 16.4. The number of ether oxygens (including phenoxy) is 1. The van der Waals surface area contributed by atoms with E-state index in [1.807, 2.05) is 0 Å². The molecule has 0 unspecified atom stereocenters. The SMILES string of the molecule is COC(=O)CCCCCNc1ncc([N+](=O)[O-])cc1Br. The number of aromatic nitrogens is 1. The van der Waals surface area contributed by atoms with Gasteiger partial charge in [0.15, 0.2) is 0 Å². The number of rotatable bonds is 8. The van der Waals surface area contributed by atoms with E-state index < -0.39 is 4.92 Å². The quantitative estimate of drug-likeness (QED) is 0.337. The van der Waals surface area contributed by atoms with Gasteiger partial charge in [-0.1, -0.05) is 6.42 Å². The van der Waals surface area contributed by atoms with Gasteiger partial charge in [0.1, 0.15) is 12.0 Å². The Morgan fingerprint density at radius 1 is 1.50 bits per heavy atom. The number of nitrogens with one attached hydrogen (secondary N) is 1. The van der Waals surface area contributed by atoms with Gasteiger partial charge in [0.25, 0.3) is 5.69 Å². The minimum absolute atomic E-state index is 0.0551. The lowest BCUT2D eigenvalue weighted by atomic mass is 10.2. The molecule has 0 fully saturated rings. The molecular formula is C12H16BrN3O4. The Morgan fingerprint density at radius 2 is 2.25 bits per heavy atom. The summed E-state index contributed by atoms with van der Waals surface area (Å²) in [6.45, 7) is 0.685. The van der Waals surface area contributed by atoms with Crippen LogP contribution in [-0.2, 0) is 9.53 Å². The van der Waals surface area contributed by atoms with Gasteiger partial charge < -0.3 is 10.1 Å². The van der Waals surface area contributed by atoms with Gasteiger partial charge in [0.2, 0.25) is 0 Å². The third-order valence-corrected chi connectivity index (χ3v) is 3.22. The number of carbonyl (C=O) groups is 1. The highest BCUT2D eigenvalue weighted by molar-refractivity contribution is 9.10. The fourth-order valence-electron chi connectivity index (χ4n) is 1.54. The molecule has 1 aromatic heterocycles. The van der Waals surface area contributed by atoms with Crippen molar-refractivity contribution in [1.82, 2.24) is 4.98 Å². The molecule has 1 rings (SSSR count). The van der Waals surface area contributed by atoms with Crippen LogP contribution in [0, 0.1) is 10.1 Å². The van der Waals surface area contributed by atoms with Crippen LogP contribution in [0.2, 0.25) is 0 Å². The lowest BCUT2D eigenvalue weighted by molar-refractivity contribution is -0.385. The number of carbonyl (C=O) groups excluding carboxylic acids is 1. The molecule has 0 radical (unpaired) electrons. The summed E-state index contributed by atoms with van der Waals surface area (Å²) in [5, 5.41) is 13.6. The Labute approximate surface area is 125 Å². The molecule has 0 bridgehead atoms. The fraction of sp³-hybridized carbons (Fsp3) is 0.500. The third-order valence-electron chi connectivity index (χ3n) is 2.62. The topological polar surface area (TPSA) is 94.4 Å². The van der Waals surface area contributed by atoms with Crippen LogP contribution in [0.25, 0.3) is 0 Å². The van der Waals surface area contributed by atoms with Crippen molar-refractivity contribution in [2.45, 2.75) is 25.7 Å². The number of anilines is 1. The highest BCUT2D eigenvalue weighted by Gasteiger charge is 2.10. The first-order valence-corrected chi connectivity index (χ1v) is 6.94. The van der Waals surface area contributed by atoms with Gasteiger partial charge in [-0.15, -0.1) is 0 Å². The lowest BCUT2D eigenvalue weighted by Gasteiger charge is -2.07. The van der Waals surface area contributed by atoms with Crippen molar-refractivity contribution in [3.8, 4) is 0 Å². The summed E-state index contributed by atoms with van der Waals surface area (Å²) >= 11 is 3.24. The van der Waals surface area contributed by atoms with Crippen molar-refractivity contribution in [3.63, 3.8) is 0 Å². The predicted molar refractivity (Wildman–Crippen MR) is 77.6 cm³/mol. The summed E-state index contributed by atoms with van der Waals surface area (Å²) in [6, 6.07) is 1.41. The highest BCUT2D eigenvalue weighted by Crippen LogP contribution is 2.24. The summed E-state index contributed by atoms with van der Waals surface area (Å²) < 4.78 is 5.10. The zero-order chi connectivity index (χ0) is 15.0. The van der Waals surface area contributed by atoms with Crippen LogP contribution in [0.4, 0.5) is 11.5 Å². The minimum Gasteiger partial charge on any atom is -0.469 e. The summed E-state index contributed by atoms with van der Waals surface area (Å²) in [5.41, 5.74) is -0.0551. The monoisotopic (exact) mass is 345 g/mol. The highest BCUT2D eigenvalue weighted by atomic mass is 79.9. The van der Waals surface area contributed by atoms with E-state index in [0.717, 1.165) is 19.3 Å². The van der Waals surface area contributed by atoms with Crippen LogP contribution in [0.3, 0.4) is 0 Å². The second kappa shape index (κ2) is 8.47. The first-order valence-electron chi connectivity index (χ1n) is 6.15. The number of nitrogens with zero attached hydrogens (tertiary/aromatic N) is 2. The summed E-state index contributed by atoms with van der Waals surface area (Å²) in [5.74, 6) is 0.376. The molecule has 110 valence electrons. The Bertz CT molecular complexity index is 482. The van der Waals surface area contributed by atoms with Crippen molar-refractivity contribution >= 4 is 33.4 Å². The largest absolute Gasteiger partial charge is 0.469 e. The maximum Gasteiger partial charge on any atom is 0.305 e. The van der Waals surface area contributed by atoms with Gasteiger partial charge in [-0.3, -0.25) is 14.9 Å². The molecule has 0 atom stereocenters. The van der Waals surface area contributed by atoms with E-state index in [-0.39, 0.29) is 11.7 Å². The van der Waals surface area contributed by atoms with Crippen LogP contribution in [0.1, 0.15) is 25.7 Å². The van der Waals surface area contributed by atoms with Gasteiger partial charge >= 0.3 is 5.97 Å². The van der Waals surface area contributed by atoms with E-state index in [9.17, 15) is 14.9 Å². The van der Waals surface area contributed by atoms with Crippen LogP contribution in [-0.4, -0.2) is 29.5 Å². The molecule has 0 spiro atoms. The zero-order valence-corrected chi connectivity index (χ0v) is 12.7. The number of pyridine rings is 1. The van der Waals surface area contributed by atoms with Crippen molar-refractivity contribution in [2.24, 2.45) is 0 Å². The fourth-order valence-corrected chi connectivity index (χ4v) is 2.01. The zero-order valence-electron chi connectivity index (χ0n) is 11.1. The van der Waals surface area contributed by atoms with Crippen LogP contribution < -0.4 is 5.32 Å². The lowest BCUT2D eigenvalue weighted by Crippen LogP contribution is -2.05. The first-order chi connectivity index (χ1) is 9.54. The third kappa shape index (κ3) is 5.52. The molecule has 0 saturated carbocycles. The number of esters is 1. The maximum atomic E-state index is 10.9. The van der Waals surface area contributed by atoms with Crippen molar-refractivity contribution in [1.29, 1.82) is 0 Å². The molecule has 1 N–H and O–H groups in total. The molecule has 1 heterocycles. The van der Waals surface area contributed by atoms with E-state index in [1.54, 1.807) is 0 Å². The normalized spacial score (nSPS) is 10.1. The molecule has 0 aliphatic carbocycles. The molecule has 7 nitrogen and oxygen atoms in total. The molecule has 0 aliphatic rings. The average molecular weight is 346 g/mol. The number of nitro groups is 1. The molecule has 0 aromatic carbocycles. The molecule has 0 amide bonds. The van der Waals surface area contributed by atoms with E-state index in [1.165, 1.54) is 19.4 Å². The van der Waals surface area contributed by atoms with E-state index >= 15 is 0 Å². The Morgan fingerprint density at radius 3 is 2.85 bits per heavy atom. The number of halogens is 1. The standard InChI is InChI=1S/C12H16BrN3O4/c1-20-11(17)5-3-2-4-6-14-12-10(13)7-9(8-15-12)16(18)19/h7-8H,2-6H2,1H3,(H,14,15). The van der Waals surface area contributed by atoms with Crippen molar-refractivity contribution in [3.05, 3.63) is 26.9 Å². The molecule has 8 heteroatoms. The van der Waals surface area contributed by atoms with Gasteiger partial charge in [-0.25, -0.2) is 4.98 Å². The Hall–Kier alpha value is -1.70. The second-order valence-corrected chi connectivity index (χ2v) is 4.95. The van der Waals surface area contributed by atoms with Gasteiger partial charge in [-0.05, 0) is 28.8 Å². The number of hydrogen-bond donors (Lipinski definition) is 1. The average Bonchev–Trinajstić information content (AvgIpc) is 2.43. The molecular weight excluding hydrogens is 330 g/mol. The summed E-state index contributed by atoms with van der Waals surface area (Å²) in [4.78, 5) is 24.9. The second-order valence-electron chi connectivity index (χ2n) is 4.09. The van der Waals surface area contributed by atoms with Crippen LogP contribution in [0.5, 0.6) is 0 Å². The predicted octanol–water partition coefficient (Wildman–Crippen LogP) is 2.90. The molecule has 0 saturated heterocycles. The summed E-state index contributed by atoms with van der Waals surface area (Å²) in [7, 11) is 1.38. The summed E-state index contributed by atoms with van der Waals surface area (Å²) in [6.07, 6.45) is 4.19.